The normalized spacial score (nSPS) is 15.5. The molecule has 1 saturated heterocycles. The number of aliphatic hydroxyl groups is 1. The van der Waals surface area contributed by atoms with Gasteiger partial charge in [-0.25, -0.2) is 8.42 Å². The molecule has 0 aliphatic carbocycles. The first-order valence-electron chi connectivity index (χ1n) is 9.88. The topological polar surface area (TPSA) is 130 Å². The fourth-order valence-corrected chi connectivity index (χ4v) is 4.09. The summed E-state index contributed by atoms with van der Waals surface area (Å²) < 4.78 is 23.6. The van der Waals surface area contributed by atoms with Crippen molar-refractivity contribution in [3.63, 3.8) is 0 Å². The molecule has 0 saturated carbocycles. The molecule has 1 aliphatic rings. The number of carbonyl (C=O) groups excluding carboxylic acids is 1. The van der Waals surface area contributed by atoms with Gasteiger partial charge in [0.25, 0.3) is 11.6 Å². The van der Waals surface area contributed by atoms with Gasteiger partial charge in [-0.05, 0) is 30.0 Å². The molecule has 0 aromatic heterocycles. The predicted molar refractivity (Wildman–Crippen MR) is 114 cm³/mol. The van der Waals surface area contributed by atoms with Crippen molar-refractivity contribution >= 4 is 21.4 Å². The molecule has 0 atom stereocenters. The molecular weight excluding hydrogens is 422 g/mol. The largest absolute Gasteiger partial charge is 0.393 e. The van der Waals surface area contributed by atoms with E-state index in [1.807, 2.05) is 24.3 Å². The van der Waals surface area contributed by atoms with Crippen molar-refractivity contribution in [2.24, 2.45) is 0 Å². The molecule has 0 bridgehead atoms. The second-order valence-electron chi connectivity index (χ2n) is 7.75. The summed E-state index contributed by atoms with van der Waals surface area (Å²) in [4.78, 5) is 24.8. The molecule has 2 aromatic rings. The summed E-state index contributed by atoms with van der Waals surface area (Å²) >= 11 is 0. The molecule has 9 nitrogen and oxygen atoms in total. The summed E-state index contributed by atoms with van der Waals surface area (Å²) in [7, 11) is -3.70. The fraction of sp³-hybridized carbons (Fsp3) is 0.381. The first kappa shape index (κ1) is 22.9. The molecule has 0 unspecified atom stereocenters. The second-order valence-corrected chi connectivity index (χ2v) is 9.77. The Balaban J connectivity index is 1.63. The Morgan fingerprint density at radius 3 is 2.35 bits per heavy atom. The van der Waals surface area contributed by atoms with Gasteiger partial charge in [0.2, 0.25) is 0 Å². The summed E-state index contributed by atoms with van der Waals surface area (Å²) in [5.41, 5.74) is 1.43. The monoisotopic (exact) mass is 447 g/mol. The van der Waals surface area contributed by atoms with Gasteiger partial charge in [0, 0.05) is 50.1 Å². The van der Waals surface area contributed by atoms with E-state index < -0.39 is 26.4 Å². The van der Waals surface area contributed by atoms with Crippen LogP contribution in [-0.2, 0) is 22.9 Å². The predicted octanol–water partition coefficient (Wildman–Crippen LogP) is 1.88. The number of benzene rings is 2. The zero-order valence-electron chi connectivity index (χ0n) is 17.2. The maximum Gasteiger partial charge on any atom is 0.271 e. The quantitative estimate of drug-likeness (QED) is 0.490. The zero-order valence-corrected chi connectivity index (χ0v) is 18.0. The van der Waals surface area contributed by atoms with Crippen LogP contribution in [0.4, 0.5) is 5.69 Å². The highest BCUT2D eigenvalue weighted by atomic mass is 32.2. The van der Waals surface area contributed by atoms with Gasteiger partial charge in [-0.3, -0.25) is 19.8 Å². The maximum atomic E-state index is 12.5. The van der Waals surface area contributed by atoms with Gasteiger partial charge in [-0.15, -0.1) is 0 Å². The van der Waals surface area contributed by atoms with Gasteiger partial charge in [0.05, 0.1) is 15.9 Å². The number of hydrogen-bond donors (Lipinski definition) is 2. The van der Waals surface area contributed by atoms with Crippen LogP contribution in [0.15, 0.2) is 47.4 Å². The van der Waals surface area contributed by atoms with E-state index >= 15 is 0 Å². The molecule has 0 radical (unpaired) electrons. The zero-order chi connectivity index (χ0) is 22.6. The van der Waals surface area contributed by atoms with Gasteiger partial charge in [0.15, 0.2) is 9.84 Å². The van der Waals surface area contributed by atoms with Crippen LogP contribution in [0.1, 0.15) is 34.3 Å². The molecule has 31 heavy (non-hydrogen) atoms. The van der Waals surface area contributed by atoms with Crippen LogP contribution < -0.4 is 5.32 Å². The molecule has 2 aromatic carbocycles. The number of nitrogens with one attached hydrogen (secondary N) is 1. The molecule has 0 spiro atoms. The second kappa shape index (κ2) is 9.54. The highest BCUT2D eigenvalue weighted by Gasteiger charge is 2.19. The Bertz CT molecular complexity index is 1060. The molecule has 1 fully saturated rings. The lowest BCUT2D eigenvalue weighted by Crippen LogP contribution is -2.35. The minimum absolute atomic E-state index is 0.0847. The van der Waals surface area contributed by atoms with Gasteiger partial charge in [-0.1, -0.05) is 24.3 Å². The van der Waals surface area contributed by atoms with E-state index in [9.17, 15) is 28.4 Å². The average Bonchev–Trinajstić information content (AvgIpc) is 2.73. The summed E-state index contributed by atoms with van der Waals surface area (Å²) in [5.74, 6) is -0.593. The van der Waals surface area contributed by atoms with Crippen molar-refractivity contribution in [2.75, 3.05) is 19.3 Å². The number of piperidine rings is 1. The summed E-state index contributed by atoms with van der Waals surface area (Å²) in [6.45, 7) is 2.71. The molecule has 3 rings (SSSR count). The maximum absolute atomic E-state index is 12.5. The summed E-state index contributed by atoms with van der Waals surface area (Å²) in [6.07, 6.45) is 2.29. The molecule has 166 valence electrons. The number of aliphatic hydroxyl groups excluding tert-OH is 1. The molecule has 1 aliphatic heterocycles. The number of nitrogens with zero attached hydrogens (tertiary/aromatic N) is 2. The number of hydrogen-bond acceptors (Lipinski definition) is 7. The van der Waals surface area contributed by atoms with Crippen molar-refractivity contribution in [2.45, 2.75) is 36.9 Å². The lowest BCUT2D eigenvalue weighted by atomic mass is 10.1. The van der Waals surface area contributed by atoms with Gasteiger partial charge >= 0.3 is 0 Å². The third-order valence-corrected chi connectivity index (χ3v) is 6.32. The lowest BCUT2D eigenvalue weighted by Gasteiger charge is -2.29. The van der Waals surface area contributed by atoms with Crippen molar-refractivity contribution in [3.8, 4) is 0 Å². The van der Waals surface area contributed by atoms with Crippen LogP contribution in [0.3, 0.4) is 0 Å². The Labute approximate surface area is 180 Å². The van der Waals surface area contributed by atoms with Gasteiger partial charge in [0.1, 0.15) is 0 Å². The lowest BCUT2D eigenvalue weighted by molar-refractivity contribution is -0.385. The minimum atomic E-state index is -3.70. The number of carbonyl (C=O) groups is 1. The SMILES string of the molecule is CS(=O)(=O)c1cc(C(=O)NCc2ccc(CN3CCC(O)CC3)cc2)cc([N+](=O)[O-])c1. The Morgan fingerprint density at radius 1 is 1.16 bits per heavy atom. The van der Waals surface area contributed by atoms with E-state index in [2.05, 4.69) is 10.2 Å². The third kappa shape index (κ3) is 6.33. The number of amides is 1. The van der Waals surface area contributed by atoms with Crippen molar-refractivity contribution < 1.29 is 23.2 Å². The van der Waals surface area contributed by atoms with Crippen molar-refractivity contribution in [1.82, 2.24) is 10.2 Å². The summed E-state index contributed by atoms with van der Waals surface area (Å²) in [5, 5.41) is 23.3. The van der Waals surface area contributed by atoms with Crippen molar-refractivity contribution in [1.29, 1.82) is 0 Å². The number of likely N-dealkylation sites (tertiary alicyclic amines) is 1. The van der Waals surface area contributed by atoms with Crippen LogP contribution in [-0.4, -0.2) is 54.7 Å². The van der Waals surface area contributed by atoms with Crippen molar-refractivity contribution in [3.05, 3.63) is 69.3 Å². The molecular formula is C21H25N3O6S. The van der Waals surface area contributed by atoms with E-state index in [-0.39, 0.29) is 23.1 Å². The van der Waals surface area contributed by atoms with E-state index in [4.69, 9.17) is 0 Å². The van der Waals surface area contributed by atoms with E-state index in [0.717, 1.165) is 68.1 Å². The number of nitro benzene ring substituents is 1. The third-order valence-electron chi connectivity index (χ3n) is 5.23. The highest BCUT2D eigenvalue weighted by Crippen LogP contribution is 2.21. The first-order valence-corrected chi connectivity index (χ1v) is 11.8. The molecule has 10 heteroatoms. The van der Waals surface area contributed by atoms with Crippen LogP contribution in [0.25, 0.3) is 0 Å². The van der Waals surface area contributed by atoms with E-state index in [1.165, 1.54) is 0 Å². The Morgan fingerprint density at radius 2 is 1.77 bits per heavy atom. The van der Waals surface area contributed by atoms with Crippen LogP contribution in [0, 0.1) is 10.1 Å². The number of nitro groups is 1. The van der Waals surface area contributed by atoms with Crippen LogP contribution in [0.2, 0.25) is 0 Å². The molecule has 2 N–H and O–H groups in total. The first-order chi connectivity index (χ1) is 14.6. The van der Waals surface area contributed by atoms with E-state index in [0.29, 0.717) is 0 Å². The number of rotatable bonds is 7. The van der Waals surface area contributed by atoms with Crippen LogP contribution in [0.5, 0.6) is 0 Å². The van der Waals surface area contributed by atoms with Crippen LogP contribution >= 0.6 is 0 Å². The standard InChI is InChI=1S/C21H25N3O6S/c1-31(29,30)20-11-17(10-18(12-20)24(27)28)21(26)22-13-15-2-4-16(5-3-15)14-23-8-6-19(25)7-9-23/h2-5,10-12,19,25H,6-9,13-14H2,1H3,(H,22,26). The Hall–Kier alpha value is -2.82. The fourth-order valence-electron chi connectivity index (χ4n) is 3.42. The van der Waals surface area contributed by atoms with E-state index in [1.54, 1.807) is 0 Å². The average molecular weight is 448 g/mol. The number of sulfone groups is 1. The van der Waals surface area contributed by atoms with Gasteiger partial charge < -0.3 is 10.4 Å². The highest BCUT2D eigenvalue weighted by molar-refractivity contribution is 7.90. The Kier molecular flexibility index (Phi) is 7.04. The van der Waals surface area contributed by atoms with Gasteiger partial charge in [-0.2, -0.15) is 0 Å². The smallest absolute Gasteiger partial charge is 0.271 e. The molecule has 1 heterocycles. The molecule has 1 amide bonds. The minimum Gasteiger partial charge on any atom is -0.393 e. The number of non-ortho nitro benzene ring substituents is 1. The summed E-state index contributed by atoms with van der Waals surface area (Å²) in [6, 6.07) is 10.9.